The van der Waals surface area contributed by atoms with Gasteiger partial charge in [0.1, 0.15) is 5.70 Å². The predicted octanol–water partition coefficient (Wildman–Crippen LogP) is 4.42. The van der Waals surface area contributed by atoms with Gasteiger partial charge in [-0.25, -0.2) is 0 Å². The van der Waals surface area contributed by atoms with Crippen molar-refractivity contribution in [2.24, 2.45) is 0 Å². The first-order chi connectivity index (χ1) is 10.4. The zero-order valence-electron chi connectivity index (χ0n) is 11.9. The molecule has 0 unspecified atom stereocenters. The summed E-state index contributed by atoms with van der Waals surface area (Å²) in [6.07, 6.45) is 0.908. The number of nitrogens with one attached hydrogen (secondary N) is 1. The number of alkyl halides is 3. The summed E-state index contributed by atoms with van der Waals surface area (Å²) in [5.41, 5.74) is -0.666. The fourth-order valence-corrected chi connectivity index (χ4v) is 2.53. The van der Waals surface area contributed by atoms with Gasteiger partial charge in [0.2, 0.25) is 0 Å². The highest BCUT2D eigenvalue weighted by Gasteiger charge is 2.35. The van der Waals surface area contributed by atoms with E-state index in [2.05, 4.69) is 5.32 Å². The minimum absolute atomic E-state index is 0.147. The monoisotopic (exact) mass is 314 g/mol. The first-order valence-corrected chi connectivity index (χ1v) is 7.16. The van der Waals surface area contributed by atoms with Crippen LogP contribution in [0.25, 0.3) is 6.08 Å². The summed E-state index contributed by atoms with van der Waals surface area (Å²) in [7, 11) is 0. The summed E-state index contributed by atoms with van der Waals surface area (Å²) >= 11 is 0. The molecule has 0 atom stereocenters. The summed E-state index contributed by atoms with van der Waals surface area (Å²) in [4.78, 5) is 9.97. The molecule has 1 aliphatic carbocycles. The standard InChI is InChI=1S/C15H17F3N2O2/c16-15(17,18)14(19-12-4-2-1-3-5-12)10-11-6-8-13(9-7-11)20(21)22/h6-10,12,19H,1-5H2/b14-10-. The molecular weight excluding hydrogens is 297 g/mol. The quantitative estimate of drug-likeness (QED) is 0.661. The van der Waals surface area contributed by atoms with Crippen LogP contribution in [0, 0.1) is 10.1 Å². The van der Waals surface area contributed by atoms with E-state index in [1.165, 1.54) is 24.3 Å². The maximum Gasteiger partial charge on any atom is 0.430 e. The highest BCUT2D eigenvalue weighted by molar-refractivity contribution is 5.55. The van der Waals surface area contributed by atoms with Gasteiger partial charge in [0.25, 0.3) is 5.69 Å². The molecule has 1 aromatic carbocycles. The Kier molecular flexibility index (Phi) is 5.05. The molecule has 1 aromatic rings. The molecule has 0 saturated heterocycles. The van der Waals surface area contributed by atoms with Crippen LogP contribution in [-0.4, -0.2) is 17.1 Å². The van der Waals surface area contributed by atoms with Gasteiger partial charge >= 0.3 is 6.18 Å². The smallest absolute Gasteiger partial charge is 0.378 e. The van der Waals surface area contributed by atoms with Crippen LogP contribution in [0.15, 0.2) is 30.0 Å². The van der Waals surface area contributed by atoms with E-state index < -0.39 is 16.8 Å². The molecule has 7 heteroatoms. The fraction of sp³-hybridized carbons (Fsp3) is 0.467. The number of hydrogen-bond donors (Lipinski definition) is 1. The van der Waals surface area contributed by atoms with Gasteiger partial charge in [-0.1, -0.05) is 19.3 Å². The molecule has 0 amide bonds. The molecule has 1 fully saturated rings. The van der Waals surface area contributed by atoms with Gasteiger partial charge in [-0.15, -0.1) is 0 Å². The number of benzene rings is 1. The van der Waals surface area contributed by atoms with Gasteiger partial charge < -0.3 is 5.32 Å². The molecule has 120 valence electrons. The molecule has 0 bridgehead atoms. The second-order valence-corrected chi connectivity index (χ2v) is 5.38. The van der Waals surface area contributed by atoms with E-state index >= 15 is 0 Å². The Hall–Kier alpha value is -2.05. The summed E-state index contributed by atoms with van der Waals surface area (Å²) in [6, 6.07) is 4.85. The van der Waals surface area contributed by atoms with Crippen molar-refractivity contribution in [3.8, 4) is 0 Å². The third-order valence-corrected chi connectivity index (χ3v) is 3.69. The molecule has 1 saturated carbocycles. The first-order valence-electron chi connectivity index (χ1n) is 7.16. The van der Waals surface area contributed by atoms with E-state index in [0.717, 1.165) is 38.2 Å². The van der Waals surface area contributed by atoms with Crippen molar-refractivity contribution >= 4 is 11.8 Å². The van der Waals surface area contributed by atoms with Crippen LogP contribution < -0.4 is 5.32 Å². The number of non-ortho nitro benzene ring substituents is 1. The fourth-order valence-electron chi connectivity index (χ4n) is 2.53. The average molecular weight is 314 g/mol. The number of nitrogens with zero attached hydrogens (tertiary/aromatic N) is 1. The molecule has 1 N–H and O–H groups in total. The zero-order chi connectivity index (χ0) is 16.2. The van der Waals surface area contributed by atoms with Gasteiger partial charge in [0, 0.05) is 18.2 Å². The van der Waals surface area contributed by atoms with E-state index in [-0.39, 0.29) is 17.3 Å². The van der Waals surface area contributed by atoms with Gasteiger partial charge in [-0.3, -0.25) is 10.1 Å². The SMILES string of the molecule is O=[N+]([O-])c1ccc(/C=C(\NC2CCCCC2)C(F)(F)F)cc1. The number of halogens is 3. The molecule has 2 rings (SSSR count). The highest BCUT2D eigenvalue weighted by Crippen LogP contribution is 2.28. The van der Waals surface area contributed by atoms with E-state index in [0.29, 0.717) is 0 Å². The molecule has 0 aromatic heterocycles. The number of hydrogen-bond acceptors (Lipinski definition) is 3. The largest absolute Gasteiger partial charge is 0.430 e. The number of nitro groups is 1. The minimum Gasteiger partial charge on any atom is -0.378 e. The Morgan fingerprint density at radius 1 is 1.18 bits per heavy atom. The molecule has 0 radical (unpaired) electrons. The molecule has 1 aliphatic rings. The van der Waals surface area contributed by atoms with Crippen LogP contribution in [0.2, 0.25) is 0 Å². The summed E-state index contributed by atoms with van der Waals surface area (Å²) < 4.78 is 39.4. The summed E-state index contributed by atoms with van der Waals surface area (Å²) in [6.45, 7) is 0. The lowest BCUT2D eigenvalue weighted by atomic mass is 9.95. The number of nitro benzene ring substituents is 1. The Labute approximate surface area is 126 Å². The van der Waals surface area contributed by atoms with Crippen molar-refractivity contribution in [1.29, 1.82) is 0 Å². The third kappa shape index (κ3) is 4.47. The molecule has 0 heterocycles. The van der Waals surface area contributed by atoms with Crippen molar-refractivity contribution < 1.29 is 18.1 Å². The number of allylic oxidation sites excluding steroid dienone is 1. The van der Waals surface area contributed by atoms with Crippen molar-refractivity contribution in [3.05, 3.63) is 45.6 Å². The minimum atomic E-state index is -4.47. The van der Waals surface area contributed by atoms with E-state index in [1.54, 1.807) is 0 Å². The lowest BCUT2D eigenvalue weighted by Crippen LogP contribution is -2.36. The van der Waals surface area contributed by atoms with Crippen molar-refractivity contribution in [2.75, 3.05) is 0 Å². The number of rotatable bonds is 4. The van der Waals surface area contributed by atoms with Gasteiger partial charge in [-0.05, 0) is 36.6 Å². The first kappa shape index (κ1) is 16.3. The second-order valence-electron chi connectivity index (χ2n) is 5.38. The Balaban J connectivity index is 2.18. The maximum atomic E-state index is 13.1. The van der Waals surface area contributed by atoms with Gasteiger partial charge in [0.15, 0.2) is 0 Å². The van der Waals surface area contributed by atoms with Gasteiger partial charge in [0.05, 0.1) is 4.92 Å². The average Bonchev–Trinajstić information content (AvgIpc) is 2.47. The van der Waals surface area contributed by atoms with Crippen LogP contribution in [0.1, 0.15) is 37.7 Å². The lowest BCUT2D eigenvalue weighted by molar-refractivity contribution is -0.384. The van der Waals surface area contributed by atoms with E-state index in [4.69, 9.17) is 0 Å². The molecule has 0 spiro atoms. The lowest BCUT2D eigenvalue weighted by Gasteiger charge is -2.26. The van der Waals surface area contributed by atoms with Crippen LogP contribution in [0.5, 0.6) is 0 Å². The molecule has 4 nitrogen and oxygen atoms in total. The predicted molar refractivity (Wildman–Crippen MR) is 77.1 cm³/mol. The normalized spacial score (nSPS) is 17.3. The Morgan fingerprint density at radius 2 is 1.77 bits per heavy atom. The van der Waals surface area contributed by atoms with Crippen LogP contribution in [0.4, 0.5) is 18.9 Å². The van der Waals surface area contributed by atoms with Gasteiger partial charge in [-0.2, -0.15) is 13.2 Å². The maximum absolute atomic E-state index is 13.1. The topological polar surface area (TPSA) is 55.2 Å². The van der Waals surface area contributed by atoms with Crippen LogP contribution in [0.3, 0.4) is 0 Å². The van der Waals surface area contributed by atoms with Crippen LogP contribution in [-0.2, 0) is 0 Å². The van der Waals surface area contributed by atoms with Crippen molar-refractivity contribution in [1.82, 2.24) is 5.32 Å². The third-order valence-electron chi connectivity index (χ3n) is 3.69. The van der Waals surface area contributed by atoms with E-state index in [9.17, 15) is 23.3 Å². The van der Waals surface area contributed by atoms with Crippen molar-refractivity contribution in [2.45, 2.75) is 44.3 Å². The van der Waals surface area contributed by atoms with Crippen molar-refractivity contribution in [3.63, 3.8) is 0 Å². The summed E-state index contributed by atoms with van der Waals surface area (Å²) in [5.74, 6) is 0. The molecular formula is C15H17F3N2O2. The second kappa shape index (κ2) is 6.81. The Bertz CT molecular complexity index is 547. The zero-order valence-corrected chi connectivity index (χ0v) is 11.9. The van der Waals surface area contributed by atoms with E-state index in [1.807, 2.05) is 0 Å². The Morgan fingerprint density at radius 3 is 2.27 bits per heavy atom. The van der Waals surface area contributed by atoms with Crippen LogP contribution >= 0.6 is 0 Å². The molecule has 0 aliphatic heterocycles. The molecule has 22 heavy (non-hydrogen) atoms. The highest BCUT2D eigenvalue weighted by atomic mass is 19.4. The summed E-state index contributed by atoms with van der Waals surface area (Å²) in [5, 5.41) is 13.1.